The molecule has 0 aromatic heterocycles. The summed E-state index contributed by atoms with van der Waals surface area (Å²) in [7, 11) is -3.69. The third-order valence-electron chi connectivity index (χ3n) is 5.89. The highest BCUT2D eigenvalue weighted by Crippen LogP contribution is 2.28. The summed E-state index contributed by atoms with van der Waals surface area (Å²) < 4.78 is 40.9. The molecule has 0 saturated heterocycles. The lowest BCUT2D eigenvalue weighted by molar-refractivity contribution is -0.118. The highest BCUT2D eigenvalue weighted by Gasteiger charge is 2.27. The largest absolute Gasteiger partial charge is 0.340 e. The maximum Gasteiger partial charge on any atom is 0.251 e. The fraction of sp³-hybridized carbons (Fsp3) is 0.462. The molecule has 0 spiro atoms. The van der Waals surface area contributed by atoms with E-state index in [-0.39, 0.29) is 16.4 Å². The minimum absolute atomic E-state index is 0.0915. The van der Waals surface area contributed by atoms with Gasteiger partial charge in [0, 0.05) is 16.8 Å². The van der Waals surface area contributed by atoms with Crippen molar-refractivity contribution in [1.29, 1.82) is 0 Å². The molecule has 1 atom stereocenters. The predicted molar refractivity (Wildman–Crippen MR) is 134 cm³/mol. The summed E-state index contributed by atoms with van der Waals surface area (Å²) in [6, 6.07) is 10.3. The first-order valence-electron chi connectivity index (χ1n) is 11.9. The molecule has 3 N–H and O–H groups in total. The van der Waals surface area contributed by atoms with Gasteiger partial charge >= 0.3 is 0 Å². The number of carbonyl (C=O) groups excluding carboxylic acids is 2. The highest BCUT2D eigenvalue weighted by atomic mass is 32.2. The summed E-state index contributed by atoms with van der Waals surface area (Å²) in [5.41, 5.74) is 0.0731. The zero-order valence-electron chi connectivity index (χ0n) is 20.4. The fourth-order valence-corrected chi connectivity index (χ4v) is 5.66. The van der Waals surface area contributed by atoms with Crippen molar-refractivity contribution in [2.45, 2.75) is 75.8 Å². The van der Waals surface area contributed by atoms with E-state index in [1.807, 2.05) is 0 Å². The molecule has 2 aromatic carbocycles. The SMILES string of the molecule is CC(C)(C)NS(=O)(=O)c1ccc(NC(=O)C(CC2CCCCC2)NC(=O)c2ccc(F)cc2)cc1. The van der Waals surface area contributed by atoms with Crippen LogP contribution >= 0.6 is 0 Å². The molecule has 1 unspecified atom stereocenters. The minimum Gasteiger partial charge on any atom is -0.340 e. The summed E-state index contributed by atoms with van der Waals surface area (Å²) in [6.45, 7) is 5.27. The van der Waals surface area contributed by atoms with Gasteiger partial charge in [-0.25, -0.2) is 17.5 Å². The smallest absolute Gasteiger partial charge is 0.251 e. The fourth-order valence-electron chi connectivity index (χ4n) is 4.24. The maximum atomic E-state index is 13.2. The normalized spacial score (nSPS) is 15.9. The monoisotopic (exact) mass is 503 g/mol. The second kappa shape index (κ2) is 11.3. The van der Waals surface area contributed by atoms with Crippen LogP contribution in [0.4, 0.5) is 10.1 Å². The Balaban J connectivity index is 1.72. The highest BCUT2D eigenvalue weighted by molar-refractivity contribution is 7.89. The number of benzene rings is 2. The molecule has 1 saturated carbocycles. The molecule has 0 heterocycles. The number of nitrogens with one attached hydrogen (secondary N) is 3. The average molecular weight is 504 g/mol. The molecule has 0 aliphatic heterocycles. The number of rotatable bonds is 8. The van der Waals surface area contributed by atoms with E-state index in [0.717, 1.165) is 25.7 Å². The van der Waals surface area contributed by atoms with Crippen LogP contribution in [-0.4, -0.2) is 31.8 Å². The Bertz CT molecular complexity index is 1120. The predicted octanol–water partition coefficient (Wildman–Crippen LogP) is 4.61. The standard InChI is InChI=1S/C26H34FN3O4S/c1-26(2,3)30-35(33,34)22-15-13-21(14-16-22)28-25(32)23(17-18-7-5-4-6-8-18)29-24(31)19-9-11-20(27)12-10-19/h9-16,18,23,30H,4-8,17H2,1-3H3,(H,28,32)(H,29,31). The van der Waals surface area contributed by atoms with Crippen LogP contribution in [0.1, 0.15) is 69.7 Å². The van der Waals surface area contributed by atoms with E-state index >= 15 is 0 Å². The molecular formula is C26H34FN3O4S. The molecular weight excluding hydrogens is 469 g/mol. The van der Waals surface area contributed by atoms with Gasteiger partial charge in [0.2, 0.25) is 15.9 Å². The number of hydrogen-bond acceptors (Lipinski definition) is 4. The number of sulfonamides is 1. The molecule has 9 heteroatoms. The molecule has 1 aliphatic carbocycles. The van der Waals surface area contributed by atoms with E-state index in [4.69, 9.17) is 0 Å². The van der Waals surface area contributed by atoms with Crippen LogP contribution in [-0.2, 0) is 14.8 Å². The first kappa shape index (κ1) is 26.8. The van der Waals surface area contributed by atoms with Crippen LogP contribution in [0.5, 0.6) is 0 Å². The molecule has 2 amide bonds. The molecule has 0 radical (unpaired) electrons. The van der Waals surface area contributed by atoms with E-state index in [9.17, 15) is 22.4 Å². The van der Waals surface area contributed by atoms with Gasteiger partial charge in [-0.3, -0.25) is 9.59 Å². The summed E-state index contributed by atoms with van der Waals surface area (Å²) in [5.74, 6) is -0.949. The summed E-state index contributed by atoms with van der Waals surface area (Å²) in [5, 5.41) is 5.60. The van der Waals surface area contributed by atoms with Crippen molar-refractivity contribution >= 4 is 27.5 Å². The Morgan fingerprint density at radius 2 is 1.57 bits per heavy atom. The molecule has 1 fully saturated rings. The van der Waals surface area contributed by atoms with Crippen molar-refractivity contribution < 1.29 is 22.4 Å². The summed E-state index contributed by atoms with van der Waals surface area (Å²) in [6.07, 6.45) is 5.88. The van der Waals surface area contributed by atoms with Crippen molar-refractivity contribution in [2.24, 2.45) is 5.92 Å². The minimum atomic E-state index is -3.69. The van der Waals surface area contributed by atoms with E-state index < -0.39 is 33.3 Å². The first-order valence-corrected chi connectivity index (χ1v) is 13.4. The second-order valence-electron chi connectivity index (χ2n) is 10.1. The van der Waals surface area contributed by atoms with E-state index in [1.165, 1.54) is 55.0 Å². The van der Waals surface area contributed by atoms with Gasteiger partial charge < -0.3 is 10.6 Å². The average Bonchev–Trinajstić information content (AvgIpc) is 2.78. The molecule has 3 rings (SSSR count). The lowest BCUT2D eigenvalue weighted by Gasteiger charge is -2.26. The molecule has 190 valence electrons. The van der Waals surface area contributed by atoms with E-state index in [2.05, 4.69) is 15.4 Å². The van der Waals surface area contributed by atoms with Crippen molar-refractivity contribution in [3.63, 3.8) is 0 Å². The van der Waals surface area contributed by atoms with Gasteiger partial charge in [0.15, 0.2) is 0 Å². The van der Waals surface area contributed by atoms with Gasteiger partial charge in [-0.05, 0) is 81.6 Å². The van der Waals surface area contributed by atoms with Crippen LogP contribution in [0, 0.1) is 11.7 Å². The van der Waals surface area contributed by atoms with Gasteiger partial charge in [-0.2, -0.15) is 0 Å². The van der Waals surface area contributed by atoms with Gasteiger partial charge in [-0.15, -0.1) is 0 Å². The third-order valence-corrected chi connectivity index (χ3v) is 7.67. The lowest BCUT2D eigenvalue weighted by atomic mass is 9.84. The van der Waals surface area contributed by atoms with E-state index in [1.54, 1.807) is 20.8 Å². The van der Waals surface area contributed by atoms with Gasteiger partial charge in [0.25, 0.3) is 5.91 Å². The van der Waals surface area contributed by atoms with E-state index in [0.29, 0.717) is 18.0 Å². The van der Waals surface area contributed by atoms with Crippen molar-refractivity contribution in [2.75, 3.05) is 5.32 Å². The van der Waals surface area contributed by atoms with Crippen LogP contribution in [0.15, 0.2) is 53.4 Å². The Kier molecular flexibility index (Phi) is 8.66. The van der Waals surface area contributed by atoms with Crippen LogP contribution in [0.2, 0.25) is 0 Å². The van der Waals surface area contributed by atoms with Crippen LogP contribution in [0.3, 0.4) is 0 Å². The Labute approximate surface area is 206 Å². The Hall–Kier alpha value is -2.78. The number of anilines is 1. The third kappa shape index (κ3) is 8.14. The Morgan fingerprint density at radius 3 is 2.14 bits per heavy atom. The number of carbonyl (C=O) groups is 2. The number of amides is 2. The van der Waals surface area contributed by atoms with Crippen LogP contribution in [0.25, 0.3) is 0 Å². The van der Waals surface area contributed by atoms with Crippen molar-refractivity contribution in [1.82, 2.24) is 10.0 Å². The van der Waals surface area contributed by atoms with Crippen LogP contribution < -0.4 is 15.4 Å². The first-order chi connectivity index (χ1) is 16.4. The summed E-state index contributed by atoms with van der Waals surface area (Å²) in [4.78, 5) is 26.0. The van der Waals surface area contributed by atoms with Crippen molar-refractivity contribution in [3.8, 4) is 0 Å². The van der Waals surface area contributed by atoms with Gasteiger partial charge in [0.1, 0.15) is 11.9 Å². The maximum absolute atomic E-state index is 13.2. The molecule has 0 bridgehead atoms. The molecule has 7 nitrogen and oxygen atoms in total. The van der Waals surface area contributed by atoms with Gasteiger partial charge in [0.05, 0.1) is 4.90 Å². The number of halogens is 1. The van der Waals surface area contributed by atoms with Crippen molar-refractivity contribution in [3.05, 3.63) is 59.9 Å². The zero-order valence-corrected chi connectivity index (χ0v) is 21.3. The van der Waals surface area contributed by atoms with Gasteiger partial charge in [-0.1, -0.05) is 32.1 Å². The lowest BCUT2D eigenvalue weighted by Crippen LogP contribution is -2.45. The quantitative estimate of drug-likeness (QED) is 0.489. The molecule has 35 heavy (non-hydrogen) atoms. The zero-order chi connectivity index (χ0) is 25.6. The molecule has 1 aliphatic rings. The second-order valence-corrected chi connectivity index (χ2v) is 11.8. The topological polar surface area (TPSA) is 104 Å². The molecule has 2 aromatic rings. The Morgan fingerprint density at radius 1 is 0.971 bits per heavy atom. The summed E-state index contributed by atoms with van der Waals surface area (Å²) >= 11 is 0. The number of hydrogen-bond donors (Lipinski definition) is 3.